The first-order valence-electron chi connectivity index (χ1n) is 9.32. The van der Waals surface area contributed by atoms with E-state index in [1.54, 1.807) is 7.05 Å². The van der Waals surface area contributed by atoms with Crippen LogP contribution in [0.1, 0.15) is 24.0 Å². The summed E-state index contributed by atoms with van der Waals surface area (Å²) in [5.74, 6) is 0.976. The van der Waals surface area contributed by atoms with E-state index in [2.05, 4.69) is 39.9 Å². The normalized spacial score (nSPS) is 12.0. The molecule has 27 heavy (non-hydrogen) atoms. The Morgan fingerprint density at radius 2 is 1.41 bits per heavy atom. The Kier molecular flexibility index (Phi) is 8.84. The van der Waals surface area contributed by atoms with Crippen molar-refractivity contribution in [2.45, 2.75) is 25.0 Å². The van der Waals surface area contributed by atoms with Gasteiger partial charge in [0.05, 0.1) is 11.5 Å². The van der Waals surface area contributed by atoms with Gasteiger partial charge in [0, 0.05) is 20.1 Å². The largest absolute Gasteiger partial charge is 0.356 e. The fraction of sp³-hybridized carbons (Fsp3) is 0.381. The highest BCUT2D eigenvalue weighted by molar-refractivity contribution is 7.90. The minimum atomic E-state index is -3.09. The maximum atomic E-state index is 12.2. The summed E-state index contributed by atoms with van der Waals surface area (Å²) in [6.07, 6.45) is 2.58. The van der Waals surface area contributed by atoms with Crippen molar-refractivity contribution in [1.82, 2.24) is 10.6 Å². The second-order valence-corrected chi connectivity index (χ2v) is 8.63. The number of nitrogens with one attached hydrogen (secondary N) is 2. The van der Waals surface area contributed by atoms with Gasteiger partial charge in [-0.1, -0.05) is 60.7 Å². The van der Waals surface area contributed by atoms with Crippen molar-refractivity contribution >= 4 is 15.8 Å². The van der Waals surface area contributed by atoms with Gasteiger partial charge in [-0.15, -0.1) is 0 Å². The van der Waals surface area contributed by atoms with Gasteiger partial charge in [0.2, 0.25) is 0 Å². The number of nitrogens with zero attached hydrogens (tertiary/aromatic N) is 1. The predicted octanol–water partition coefficient (Wildman–Crippen LogP) is 2.79. The highest BCUT2D eigenvalue weighted by Gasteiger charge is 2.11. The molecule has 0 aliphatic heterocycles. The Bertz CT molecular complexity index is 791. The van der Waals surface area contributed by atoms with Crippen LogP contribution in [0.2, 0.25) is 0 Å². The van der Waals surface area contributed by atoms with Crippen LogP contribution in [-0.2, 0) is 22.0 Å². The zero-order valence-corrected chi connectivity index (χ0v) is 16.7. The Labute approximate surface area is 162 Å². The Hall–Kier alpha value is -2.34. The van der Waals surface area contributed by atoms with E-state index in [1.165, 1.54) is 5.56 Å². The topological polar surface area (TPSA) is 70.6 Å². The van der Waals surface area contributed by atoms with Crippen molar-refractivity contribution in [2.75, 3.05) is 25.9 Å². The third kappa shape index (κ3) is 8.73. The highest BCUT2D eigenvalue weighted by Crippen LogP contribution is 2.07. The van der Waals surface area contributed by atoms with Crippen molar-refractivity contribution in [2.24, 2.45) is 4.99 Å². The maximum absolute atomic E-state index is 12.2. The molecule has 0 amide bonds. The van der Waals surface area contributed by atoms with Gasteiger partial charge < -0.3 is 10.6 Å². The van der Waals surface area contributed by atoms with Gasteiger partial charge in [-0.2, -0.15) is 0 Å². The molecule has 0 spiro atoms. The molecule has 0 aliphatic rings. The van der Waals surface area contributed by atoms with Gasteiger partial charge in [0.1, 0.15) is 0 Å². The van der Waals surface area contributed by atoms with Crippen LogP contribution in [0.25, 0.3) is 0 Å². The lowest BCUT2D eigenvalue weighted by Gasteiger charge is -2.12. The minimum Gasteiger partial charge on any atom is -0.356 e. The number of aryl methyl sites for hydroxylation is 1. The molecular weight excluding hydrogens is 358 g/mol. The summed E-state index contributed by atoms with van der Waals surface area (Å²) < 4.78 is 24.4. The molecule has 2 aromatic carbocycles. The molecule has 0 saturated heterocycles. The van der Waals surface area contributed by atoms with Crippen molar-refractivity contribution in [1.29, 1.82) is 0 Å². The summed E-state index contributed by atoms with van der Waals surface area (Å²) in [7, 11) is -1.37. The van der Waals surface area contributed by atoms with E-state index in [-0.39, 0.29) is 11.5 Å². The lowest BCUT2D eigenvalue weighted by Crippen LogP contribution is -2.38. The summed E-state index contributed by atoms with van der Waals surface area (Å²) >= 11 is 0. The van der Waals surface area contributed by atoms with Gasteiger partial charge in [0.15, 0.2) is 15.8 Å². The lowest BCUT2D eigenvalue weighted by atomic mass is 10.1. The minimum absolute atomic E-state index is 0.0975. The molecule has 2 aromatic rings. The quantitative estimate of drug-likeness (QED) is 0.374. The van der Waals surface area contributed by atoms with Crippen molar-refractivity contribution in [3.8, 4) is 0 Å². The maximum Gasteiger partial charge on any atom is 0.190 e. The first-order chi connectivity index (χ1) is 13.1. The molecule has 0 saturated carbocycles. The molecule has 0 bridgehead atoms. The van der Waals surface area contributed by atoms with Crippen LogP contribution in [-0.4, -0.2) is 40.3 Å². The van der Waals surface area contributed by atoms with Crippen molar-refractivity contribution < 1.29 is 8.42 Å². The number of hydrogen-bond donors (Lipinski definition) is 2. The summed E-state index contributed by atoms with van der Waals surface area (Å²) in [5, 5.41) is 6.45. The molecule has 0 fully saturated rings. The Morgan fingerprint density at radius 1 is 0.852 bits per heavy atom. The molecule has 5 nitrogen and oxygen atoms in total. The van der Waals surface area contributed by atoms with Gasteiger partial charge in [-0.3, -0.25) is 4.99 Å². The fourth-order valence-electron chi connectivity index (χ4n) is 2.76. The average molecular weight is 388 g/mol. The van der Waals surface area contributed by atoms with Crippen molar-refractivity contribution in [3.63, 3.8) is 0 Å². The van der Waals surface area contributed by atoms with Crippen LogP contribution in [0.4, 0.5) is 0 Å². The van der Waals surface area contributed by atoms with E-state index in [4.69, 9.17) is 0 Å². The van der Waals surface area contributed by atoms with E-state index in [0.717, 1.165) is 24.9 Å². The predicted molar refractivity (Wildman–Crippen MR) is 113 cm³/mol. The molecule has 0 unspecified atom stereocenters. The molecular formula is C21H29N3O2S. The Morgan fingerprint density at radius 3 is 2.00 bits per heavy atom. The first-order valence-corrected chi connectivity index (χ1v) is 11.1. The average Bonchev–Trinajstić information content (AvgIpc) is 2.68. The van der Waals surface area contributed by atoms with E-state index in [0.29, 0.717) is 18.9 Å². The number of sulfone groups is 1. The van der Waals surface area contributed by atoms with Gasteiger partial charge >= 0.3 is 0 Å². The van der Waals surface area contributed by atoms with Crippen LogP contribution >= 0.6 is 0 Å². The van der Waals surface area contributed by atoms with Gasteiger partial charge in [-0.05, 0) is 30.4 Å². The SMILES string of the molecule is CN=C(NCCCc1ccccc1)NCCCS(=O)(=O)Cc1ccccc1. The smallest absolute Gasteiger partial charge is 0.190 e. The zero-order valence-electron chi connectivity index (χ0n) is 15.9. The van der Waals surface area contributed by atoms with E-state index in [9.17, 15) is 8.42 Å². The number of hydrogen-bond acceptors (Lipinski definition) is 3. The van der Waals surface area contributed by atoms with E-state index in [1.807, 2.05) is 36.4 Å². The molecule has 0 heterocycles. The molecule has 0 aromatic heterocycles. The van der Waals surface area contributed by atoms with E-state index >= 15 is 0 Å². The third-order valence-corrected chi connectivity index (χ3v) is 5.84. The van der Waals surface area contributed by atoms with Crippen LogP contribution in [0.5, 0.6) is 0 Å². The fourth-order valence-corrected chi connectivity index (χ4v) is 4.19. The monoisotopic (exact) mass is 387 g/mol. The molecule has 146 valence electrons. The van der Waals surface area contributed by atoms with Crippen LogP contribution in [0, 0.1) is 0 Å². The molecule has 2 N–H and O–H groups in total. The third-order valence-electron chi connectivity index (χ3n) is 4.16. The first kappa shape index (κ1) is 21.0. The molecule has 0 radical (unpaired) electrons. The van der Waals surface area contributed by atoms with Crippen LogP contribution in [0.15, 0.2) is 65.7 Å². The summed E-state index contributed by atoms with van der Waals surface area (Å²) in [6, 6.07) is 19.7. The molecule has 2 rings (SSSR count). The Balaban J connectivity index is 1.61. The number of benzene rings is 2. The number of guanidine groups is 1. The highest BCUT2D eigenvalue weighted by atomic mass is 32.2. The number of aliphatic imine (C=N–C) groups is 1. The summed E-state index contributed by atoms with van der Waals surface area (Å²) in [6.45, 7) is 1.40. The van der Waals surface area contributed by atoms with Gasteiger partial charge in [-0.25, -0.2) is 8.42 Å². The molecule has 0 atom stereocenters. The molecule has 6 heteroatoms. The van der Waals surface area contributed by atoms with Gasteiger partial charge in [0.25, 0.3) is 0 Å². The standard InChI is InChI=1S/C21H29N3O2S/c1-22-21(23-15-8-14-19-10-4-2-5-11-19)24-16-9-17-27(25,26)18-20-12-6-3-7-13-20/h2-7,10-13H,8-9,14-18H2,1H3,(H2,22,23,24). The lowest BCUT2D eigenvalue weighted by molar-refractivity contribution is 0.591. The second kappa shape index (κ2) is 11.4. The summed E-state index contributed by atoms with van der Waals surface area (Å²) in [5.41, 5.74) is 2.16. The van der Waals surface area contributed by atoms with Crippen LogP contribution in [0.3, 0.4) is 0 Å². The second-order valence-electron chi connectivity index (χ2n) is 6.45. The summed E-state index contributed by atoms with van der Waals surface area (Å²) in [4.78, 5) is 4.18. The zero-order chi connectivity index (χ0) is 19.4. The van der Waals surface area contributed by atoms with Crippen LogP contribution < -0.4 is 10.6 Å². The molecule has 0 aliphatic carbocycles. The van der Waals surface area contributed by atoms with Crippen molar-refractivity contribution in [3.05, 3.63) is 71.8 Å². The van der Waals surface area contributed by atoms with E-state index < -0.39 is 9.84 Å². The number of rotatable bonds is 10.